The van der Waals surface area contributed by atoms with Crippen molar-refractivity contribution in [3.8, 4) is 45.1 Å². The van der Waals surface area contributed by atoms with Gasteiger partial charge in [0.25, 0.3) is 0 Å². The van der Waals surface area contributed by atoms with Crippen molar-refractivity contribution in [1.29, 1.82) is 0 Å². The summed E-state index contributed by atoms with van der Waals surface area (Å²) in [5.41, 5.74) is 11.8. The van der Waals surface area contributed by atoms with E-state index in [0.717, 1.165) is 43.8 Å². The second kappa shape index (κ2) is 13.2. The fourth-order valence-electron chi connectivity index (χ4n) is 7.96. The molecule has 8 aromatic carbocycles. The maximum absolute atomic E-state index is 6.71. The zero-order valence-corrected chi connectivity index (χ0v) is 30.8. The van der Waals surface area contributed by atoms with Gasteiger partial charge in [0.15, 0.2) is 0 Å². The molecule has 0 aliphatic carbocycles. The Bertz CT molecular complexity index is 2810. The molecule has 0 saturated heterocycles. The molecule has 54 heavy (non-hydrogen) atoms. The van der Waals surface area contributed by atoms with E-state index in [1.165, 1.54) is 54.7 Å². The fraction of sp³-hybridized carbons (Fsp3) is 0.0400. The molecule has 258 valence electrons. The minimum Gasteiger partial charge on any atom is -0.455 e. The summed E-state index contributed by atoms with van der Waals surface area (Å²) < 4.78 is 11.4. The maximum atomic E-state index is 6.71. The summed E-state index contributed by atoms with van der Waals surface area (Å²) in [4.78, 5) is 2.25. The molecule has 0 spiro atoms. The Balaban J connectivity index is 0.00000178. The molecule has 0 fully saturated rings. The zero-order valence-electron chi connectivity index (χ0n) is 30.0. The molecule has 0 atom stereocenters. The number of fused-ring (bicyclic) bond motifs is 8. The Morgan fingerprint density at radius 1 is 0.352 bits per heavy atom. The normalized spacial score (nSPS) is 12.0. The summed E-state index contributed by atoms with van der Waals surface area (Å²) in [7, 11) is 0. The van der Waals surface area contributed by atoms with Gasteiger partial charge in [0.05, 0.1) is 31.9 Å². The van der Waals surface area contributed by atoms with Crippen LogP contribution in [0.4, 0.5) is 0 Å². The third kappa shape index (κ3) is 5.21. The van der Waals surface area contributed by atoms with Crippen molar-refractivity contribution in [1.82, 2.24) is 9.13 Å². The number of aromatic nitrogens is 2. The van der Waals surface area contributed by atoms with Crippen molar-refractivity contribution in [3.63, 3.8) is 0 Å². The Morgan fingerprint density at radius 2 is 0.722 bits per heavy atom. The topological polar surface area (TPSA) is 19.1 Å². The third-order valence-corrected chi connectivity index (χ3v) is 11.5. The van der Waals surface area contributed by atoms with Gasteiger partial charge in [0.1, 0.15) is 11.5 Å². The second-order valence-corrected chi connectivity index (χ2v) is 14.5. The van der Waals surface area contributed by atoms with Crippen LogP contribution in [0.1, 0.15) is 13.8 Å². The Hall–Kier alpha value is -6.49. The van der Waals surface area contributed by atoms with Crippen molar-refractivity contribution < 1.29 is 4.74 Å². The van der Waals surface area contributed by atoms with Gasteiger partial charge in [0, 0.05) is 32.9 Å². The molecule has 11 rings (SSSR count). The SMILES string of the molecule is CC.c1ccc(-n2c3ccccc3c3cc(-c4ccc5c(c4)Oc4cc(-c6ccc7c(c6)c6ccccc6n7-c6ccccc6)ccc4S5)ccc32)cc1. The lowest BCUT2D eigenvalue weighted by molar-refractivity contribution is 0.455. The molecule has 2 aromatic heterocycles. The van der Waals surface area contributed by atoms with Gasteiger partial charge in [-0.2, -0.15) is 0 Å². The number of rotatable bonds is 4. The maximum Gasteiger partial charge on any atom is 0.142 e. The van der Waals surface area contributed by atoms with Crippen LogP contribution in [0.5, 0.6) is 11.5 Å². The molecule has 1 aliphatic rings. The van der Waals surface area contributed by atoms with E-state index in [1.54, 1.807) is 11.8 Å². The van der Waals surface area contributed by atoms with Crippen molar-refractivity contribution in [2.24, 2.45) is 0 Å². The molecular formula is C50H36N2OS. The third-order valence-electron chi connectivity index (χ3n) is 10.4. The average molecular weight is 713 g/mol. The molecule has 0 unspecified atom stereocenters. The quantitative estimate of drug-likeness (QED) is 0.181. The van der Waals surface area contributed by atoms with Gasteiger partial charge in [-0.15, -0.1) is 0 Å². The number of hydrogen-bond donors (Lipinski definition) is 0. The van der Waals surface area contributed by atoms with Crippen LogP contribution in [0, 0.1) is 0 Å². The molecule has 3 heterocycles. The predicted octanol–water partition coefficient (Wildman–Crippen LogP) is 14.5. The highest BCUT2D eigenvalue weighted by Gasteiger charge is 2.21. The first-order chi connectivity index (χ1) is 26.8. The number of ether oxygens (including phenoxy) is 1. The second-order valence-electron chi connectivity index (χ2n) is 13.4. The smallest absolute Gasteiger partial charge is 0.142 e. The highest BCUT2D eigenvalue weighted by molar-refractivity contribution is 7.99. The molecule has 0 radical (unpaired) electrons. The highest BCUT2D eigenvalue weighted by Crippen LogP contribution is 2.49. The summed E-state index contributed by atoms with van der Waals surface area (Å²) in [5.74, 6) is 1.78. The van der Waals surface area contributed by atoms with Crippen LogP contribution in [0.2, 0.25) is 0 Å². The summed E-state index contributed by atoms with van der Waals surface area (Å²) in [5, 5.41) is 4.97. The molecule has 1 aliphatic heterocycles. The molecule has 0 amide bonds. The molecule has 3 nitrogen and oxygen atoms in total. The molecule has 0 saturated carbocycles. The van der Waals surface area contributed by atoms with Crippen LogP contribution >= 0.6 is 11.8 Å². The first-order valence-electron chi connectivity index (χ1n) is 18.6. The first-order valence-corrected chi connectivity index (χ1v) is 19.4. The number of hydrogen-bond acceptors (Lipinski definition) is 2. The lowest BCUT2D eigenvalue weighted by Crippen LogP contribution is -1.96. The van der Waals surface area contributed by atoms with Gasteiger partial charge < -0.3 is 13.9 Å². The largest absolute Gasteiger partial charge is 0.455 e. The Labute approximate surface area is 318 Å². The van der Waals surface area contributed by atoms with Gasteiger partial charge in [-0.25, -0.2) is 0 Å². The van der Waals surface area contributed by atoms with Crippen molar-refractivity contribution in [2.45, 2.75) is 23.6 Å². The summed E-state index contributed by atoms with van der Waals surface area (Å²) >= 11 is 1.77. The molecular weight excluding hydrogens is 677 g/mol. The van der Waals surface area contributed by atoms with E-state index in [0.29, 0.717) is 0 Å². The monoisotopic (exact) mass is 712 g/mol. The van der Waals surface area contributed by atoms with E-state index in [4.69, 9.17) is 4.74 Å². The Kier molecular flexibility index (Phi) is 7.85. The minimum atomic E-state index is 0.889. The van der Waals surface area contributed by atoms with Gasteiger partial charge in [-0.05, 0) is 107 Å². The minimum absolute atomic E-state index is 0.889. The van der Waals surface area contributed by atoms with E-state index in [9.17, 15) is 0 Å². The summed E-state index contributed by atoms with van der Waals surface area (Å²) in [6.45, 7) is 4.00. The van der Waals surface area contributed by atoms with Crippen LogP contribution in [-0.2, 0) is 0 Å². The van der Waals surface area contributed by atoms with Crippen LogP contribution in [-0.4, -0.2) is 9.13 Å². The average Bonchev–Trinajstić information content (AvgIpc) is 3.76. The van der Waals surface area contributed by atoms with E-state index >= 15 is 0 Å². The highest BCUT2D eigenvalue weighted by atomic mass is 32.2. The van der Waals surface area contributed by atoms with Gasteiger partial charge >= 0.3 is 0 Å². The fourth-order valence-corrected chi connectivity index (χ4v) is 8.87. The van der Waals surface area contributed by atoms with Gasteiger partial charge in [-0.1, -0.05) is 123 Å². The van der Waals surface area contributed by atoms with Crippen LogP contribution in [0.3, 0.4) is 0 Å². The van der Waals surface area contributed by atoms with Crippen molar-refractivity contribution in [3.05, 3.63) is 182 Å². The summed E-state index contributed by atoms with van der Waals surface area (Å²) in [6.07, 6.45) is 0. The lowest BCUT2D eigenvalue weighted by atomic mass is 10.0. The number of nitrogens with zero attached hydrogens (tertiary/aromatic N) is 2. The van der Waals surface area contributed by atoms with Crippen molar-refractivity contribution in [2.75, 3.05) is 0 Å². The van der Waals surface area contributed by atoms with Gasteiger partial charge in [0.2, 0.25) is 0 Å². The lowest BCUT2D eigenvalue weighted by Gasteiger charge is -2.21. The molecule has 4 heteroatoms. The first kappa shape index (κ1) is 32.2. The van der Waals surface area contributed by atoms with Gasteiger partial charge in [-0.3, -0.25) is 0 Å². The van der Waals surface area contributed by atoms with E-state index in [1.807, 2.05) is 13.8 Å². The van der Waals surface area contributed by atoms with Crippen molar-refractivity contribution >= 4 is 55.4 Å². The standard InChI is InChI=1S/C48H30N2OS.C2H6/c1-3-11-35(12-4-1)49-41-17-9-7-15-37(41)39-27-31(19-23-43(39)49)33-21-25-47-45(29-33)51-46-30-34(22-26-48(46)52-47)32-20-24-44-40(28-32)38-16-8-10-18-42(38)50(44)36-13-5-2-6-14-36;1-2/h1-30H;1-2H3. The van der Waals surface area contributed by atoms with E-state index in [2.05, 4.69) is 191 Å². The summed E-state index contributed by atoms with van der Waals surface area (Å²) in [6, 6.07) is 65.4. The molecule has 10 aromatic rings. The number of benzene rings is 8. The predicted molar refractivity (Wildman–Crippen MR) is 228 cm³/mol. The van der Waals surface area contributed by atoms with E-state index in [-0.39, 0.29) is 0 Å². The van der Waals surface area contributed by atoms with E-state index < -0.39 is 0 Å². The van der Waals surface area contributed by atoms with Crippen LogP contribution in [0.25, 0.3) is 77.2 Å². The Morgan fingerprint density at radius 3 is 1.19 bits per heavy atom. The van der Waals surface area contributed by atoms with Crippen LogP contribution < -0.4 is 4.74 Å². The number of para-hydroxylation sites is 4. The molecule has 0 N–H and O–H groups in total. The van der Waals surface area contributed by atoms with Crippen LogP contribution in [0.15, 0.2) is 192 Å². The zero-order chi connectivity index (χ0) is 36.2. The molecule has 0 bridgehead atoms.